The Morgan fingerprint density at radius 3 is 3.00 bits per heavy atom. The van der Waals surface area contributed by atoms with E-state index in [1.54, 1.807) is 7.05 Å². The van der Waals surface area contributed by atoms with Gasteiger partial charge in [-0.25, -0.2) is 0 Å². The topological polar surface area (TPSA) is 46.6 Å². The van der Waals surface area contributed by atoms with Crippen molar-refractivity contribution >= 4 is 11.9 Å². The zero-order valence-corrected chi connectivity index (χ0v) is 7.45. The maximum atomic E-state index is 11.2. The van der Waals surface area contributed by atoms with Gasteiger partial charge in [-0.05, 0) is 0 Å². The van der Waals surface area contributed by atoms with Crippen molar-refractivity contribution in [2.45, 2.75) is 6.42 Å². The molecule has 0 saturated carbocycles. The molecule has 0 N–H and O–H groups in total. The summed E-state index contributed by atoms with van der Waals surface area (Å²) in [7, 11) is 1.66. The maximum Gasteiger partial charge on any atom is 0.312 e. The molecule has 4 heteroatoms. The van der Waals surface area contributed by atoms with Crippen molar-refractivity contribution in [3.05, 3.63) is 0 Å². The largest absolute Gasteiger partial charge is 0.452 e. The molecule has 1 saturated heterocycles. The Hall–Kier alpha value is -1.50. The third-order valence-corrected chi connectivity index (χ3v) is 1.97. The van der Waals surface area contributed by atoms with E-state index >= 15 is 0 Å². The van der Waals surface area contributed by atoms with Gasteiger partial charge in [-0.3, -0.25) is 9.59 Å². The predicted molar refractivity (Wildman–Crippen MR) is 45.5 cm³/mol. The molecule has 70 valence electrons. The van der Waals surface area contributed by atoms with Crippen LogP contribution in [0.3, 0.4) is 0 Å². The smallest absolute Gasteiger partial charge is 0.312 e. The average molecular weight is 181 g/mol. The highest BCUT2D eigenvalue weighted by Gasteiger charge is 2.32. The lowest BCUT2D eigenvalue weighted by atomic mass is 10.1. The van der Waals surface area contributed by atoms with Crippen LogP contribution in [0, 0.1) is 18.3 Å². The number of terminal acetylenes is 1. The SMILES string of the molecule is C#CCOC(=O)C1CC(=O)N(C)C1. The third-order valence-electron chi connectivity index (χ3n) is 1.97. The van der Waals surface area contributed by atoms with Gasteiger partial charge < -0.3 is 9.64 Å². The Labute approximate surface area is 76.8 Å². The molecule has 1 aliphatic heterocycles. The number of rotatable bonds is 2. The summed E-state index contributed by atoms with van der Waals surface area (Å²) in [6.45, 7) is 0.412. The van der Waals surface area contributed by atoms with Gasteiger partial charge in [0.05, 0.1) is 5.92 Å². The van der Waals surface area contributed by atoms with Crippen molar-refractivity contribution in [3.63, 3.8) is 0 Å². The maximum absolute atomic E-state index is 11.2. The number of hydrogen-bond donors (Lipinski definition) is 0. The molecule has 1 amide bonds. The molecule has 1 atom stereocenters. The number of carbonyl (C=O) groups is 2. The van der Waals surface area contributed by atoms with Gasteiger partial charge in [0.2, 0.25) is 5.91 Å². The second-order valence-corrected chi connectivity index (χ2v) is 2.99. The molecule has 0 aromatic heterocycles. The summed E-state index contributed by atoms with van der Waals surface area (Å²) in [5.74, 6) is 1.46. The fraction of sp³-hybridized carbons (Fsp3) is 0.556. The molecule has 13 heavy (non-hydrogen) atoms. The summed E-state index contributed by atoms with van der Waals surface area (Å²) < 4.78 is 4.72. The number of esters is 1. The molecule has 4 nitrogen and oxygen atoms in total. The van der Waals surface area contributed by atoms with Crippen LogP contribution in [-0.2, 0) is 14.3 Å². The second kappa shape index (κ2) is 3.94. The summed E-state index contributed by atoms with van der Waals surface area (Å²) >= 11 is 0. The van der Waals surface area contributed by atoms with Crippen LogP contribution >= 0.6 is 0 Å². The second-order valence-electron chi connectivity index (χ2n) is 2.99. The van der Waals surface area contributed by atoms with Crippen LogP contribution < -0.4 is 0 Å². The number of likely N-dealkylation sites (tertiary alicyclic amines) is 1. The first-order valence-electron chi connectivity index (χ1n) is 3.99. The number of nitrogens with zero attached hydrogens (tertiary/aromatic N) is 1. The van der Waals surface area contributed by atoms with Crippen molar-refractivity contribution in [1.82, 2.24) is 4.90 Å². The molecule has 1 rings (SSSR count). The monoisotopic (exact) mass is 181 g/mol. The van der Waals surface area contributed by atoms with Gasteiger partial charge in [0.15, 0.2) is 6.61 Å². The number of amides is 1. The van der Waals surface area contributed by atoms with Gasteiger partial charge >= 0.3 is 5.97 Å². The van der Waals surface area contributed by atoms with Crippen molar-refractivity contribution in [3.8, 4) is 12.3 Å². The van der Waals surface area contributed by atoms with Gasteiger partial charge in [-0.1, -0.05) is 5.92 Å². The van der Waals surface area contributed by atoms with E-state index in [1.165, 1.54) is 4.90 Å². The van der Waals surface area contributed by atoms with E-state index in [9.17, 15) is 9.59 Å². The highest BCUT2D eigenvalue weighted by molar-refractivity contribution is 5.86. The van der Waals surface area contributed by atoms with Gasteiger partial charge in [-0.15, -0.1) is 6.42 Å². The van der Waals surface area contributed by atoms with E-state index in [0.717, 1.165) is 0 Å². The number of carbonyl (C=O) groups excluding carboxylic acids is 2. The molecule has 0 bridgehead atoms. The lowest BCUT2D eigenvalue weighted by Gasteiger charge is -2.08. The summed E-state index contributed by atoms with van der Waals surface area (Å²) in [4.78, 5) is 23.8. The van der Waals surface area contributed by atoms with Crippen molar-refractivity contribution in [2.24, 2.45) is 5.92 Å². The first kappa shape index (κ1) is 9.59. The molecular formula is C9H11NO3. The lowest BCUT2D eigenvalue weighted by Crippen LogP contribution is -2.22. The fourth-order valence-corrected chi connectivity index (χ4v) is 1.25. The van der Waals surface area contributed by atoms with Crippen LogP contribution in [-0.4, -0.2) is 37.0 Å². The standard InChI is InChI=1S/C9H11NO3/c1-3-4-13-9(12)7-5-8(11)10(2)6-7/h1,7H,4-6H2,2H3. The molecule has 0 aromatic carbocycles. The van der Waals surface area contributed by atoms with E-state index in [2.05, 4.69) is 5.92 Å². The predicted octanol–water partition coefficient (Wildman–Crippen LogP) is -0.359. The van der Waals surface area contributed by atoms with Crippen LogP contribution in [0.1, 0.15) is 6.42 Å². The molecule has 0 radical (unpaired) electrons. The van der Waals surface area contributed by atoms with E-state index in [1.807, 2.05) is 0 Å². The Balaban J connectivity index is 2.42. The Morgan fingerprint density at radius 1 is 1.85 bits per heavy atom. The van der Waals surface area contributed by atoms with Crippen LogP contribution in [0.5, 0.6) is 0 Å². The van der Waals surface area contributed by atoms with E-state index < -0.39 is 0 Å². The zero-order valence-electron chi connectivity index (χ0n) is 7.45. The highest BCUT2D eigenvalue weighted by Crippen LogP contribution is 2.16. The number of ether oxygens (including phenoxy) is 1. The Kier molecular flexibility index (Phi) is 2.91. The third kappa shape index (κ3) is 2.22. The minimum absolute atomic E-state index is 0.0206. The average Bonchev–Trinajstić information content (AvgIpc) is 2.43. The van der Waals surface area contributed by atoms with Crippen molar-refractivity contribution < 1.29 is 14.3 Å². The molecule has 0 aromatic rings. The molecule has 1 unspecified atom stereocenters. The first-order chi connectivity index (χ1) is 6.15. The Morgan fingerprint density at radius 2 is 2.54 bits per heavy atom. The van der Waals surface area contributed by atoms with E-state index in [4.69, 9.17) is 11.2 Å². The first-order valence-corrected chi connectivity index (χ1v) is 3.99. The normalized spacial score (nSPS) is 21.4. The Bertz CT molecular complexity index is 267. The number of hydrogen-bond acceptors (Lipinski definition) is 3. The van der Waals surface area contributed by atoms with E-state index in [-0.39, 0.29) is 30.8 Å². The quantitative estimate of drug-likeness (QED) is 0.432. The van der Waals surface area contributed by atoms with Crippen LogP contribution in [0.15, 0.2) is 0 Å². The summed E-state index contributed by atoms with van der Waals surface area (Å²) in [6, 6.07) is 0. The fourth-order valence-electron chi connectivity index (χ4n) is 1.25. The minimum atomic E-state index is -0.379. The van der Waals surface area contributed by atoms with Crippen LogP contribution in [0.2, 0.25) is 0 Å². The van der Waals surface area contributed by atoms with Crippen LogP contribution in [0.4, 0.5) is 0 Å². The van der Waals surface area contributed by atoms with Crippen LogP contribution in [0.25, 0.3) is 0 Å². The van der Waals surface area contributed by atoms with Gasteiger partial charge in [0, 0.05) is 20.0 Å². The zero-order chi connectivity index (χ0) is 9.84. The van der Waals surface area contributed by atoms with E-state index in [0.29, 0.717) is 6.54 Å². The van der Waals surface area contributed by atoms with Crippen molar-refractivity contribution in [2.75, 3.05) is 20.2 Å². The van der Waals surface area contributed by atoms with Gasteiger partial charge in [0.25, 0.3) is 0 Å². The summed E-state index contributed by atoms with van der Waals surface area (Å²) in [5.41, 5.74) is 0. The molecule has 0 spiro atoms. The minimum Gasteiger partial charge on any atom is -0.452 e. The van der Waals surface area contributed by atoms with Crippen molar-refractivity contribution in [1.29, 1.82) is 0 Å². The summed E-state index contributed by atoms with van der Waals surface area (Å²) in [5, 5.41) is 0. The lowest BCUT2D eigenvalue weighted by molar-refractivity contribution is -0.146. The molecule has 1 heterocycles. The molecule has 0 aliphatic carbocycles. The highest BCUT2D eigenvalue weighted by atomic mass is 16.5. The molecular weight excluding hydrogens is 170 g/mol. The van der Waals surface area contributed by atoms with Gasteiger partial charge in [-0.2, -0.15) is 0 Å². The molecule has 1 fully saturated rings. The molecule has 1 aliphatic rings. The summed E-state index contributed by atoms with van der Waals surface area (Å²) in [6.07, 6.45) is 5.16. The van der Waals surface area contributed by atoms with Gasteiger partial charge in [0.1, 0.15) is 0 Å².